The van der Waals surface area contributed by atoms with Crippen LogP contribution in [0.3, 0.4) is 0 Å². The Labute approximate surface area is 243 Å². The lowest BCUT2D eigenvalue weighted by molar-refractivity contribution is -0.143. The van der Waals surface area contributed by atoms with E-state index in [1.807, 2.05) is 48.5 Å². The van der Waals surface area contributed by atoms with Crippen molar-refractivity contribution in [2.75, 3.05) is 6.54 Å². The number of hydrogen-bond acceptors (Lipinski definition) is 6. The van der Waals surface area contributed by atoms with Gasteiger partial charge in [-0.25, -0.2) is 4.79 Å². The quantitative estimate of drug-likeness (QED) is 0.245. The van der Waals surface area contributed by atoms with Crippen molar-refractivity contribution in [2.45, 2.75) is 111 Å². The van der Waals surface area contributed by atoms with Gasteiger partial charge in [0.15, 0.2) is 5.78 Å². The van der Waals surface area contributed by atoms with Crippen molar-refractivity contribution in [2.24, 2.45) is 40.7 Å². The van der Waals surface area contributed by atoms with Gasteiger partial charge in [0.05, 0.1) is 12.1 Å². The summed E-state index contributed by atoms with van der Waals surface area (Å²) in [6.45, 7) is 13.6. The van der Waals surface area contributed by atoms with Crippen molar-refractivity contribution in [1.29, 1.82) is 0 Å². The van der Waals surface area contributed by atoms with E-state index in [-0.39, 0.29) is 35.4 Å². The Morgan fingerprint density at radius 2 is 1.51 bits per heavy atom. The highest BCUT2D eigenvalue weighted by Gasteiger charge is 2.47. The molecule has 0 bridgehead atoms. The Kier molecular flexibility index (Phi) is 10.2. The standard InChI is InChI=1S/C30H49N5O6/c1-15(2)19-13-21(27(39)32-20(12-17-8-9-17)24(37)26(31)38)35(14-19)28(40)25(30(5,6)7)34-29(41)33-22(16(3)4)23(36)18-10-11-18/h15-22,25H,8-14H2,1-7H3,(H2,31,38)(H,32,39)(H2,33,34,41)/t19?,20?,21-,22-,25+/m0/s1. The molecule has 0 aromatic carbocycles. The summed E-state index contributed by atoms with van der Waals surface area (Å²) < 4.78 is 0. The zero-order chi connectivity index (χ0) is 30.8. The van der Waals surface area contributed by atoms with Crippen LogP contribution in [-0.4, -0.2) is 70.9 Å². The van der Waals surface area contributed by atoms with Gasteiger partial charge in [-0.15, -0.1) is 0 Å². The van der Waals surface area contributed by atoms with Gasteiger partial charge in [0.1, 0.15) is 12.1 Å². The van der Waals surface area contributed by atoms with Crippen LogP contribution in [0.1, 0.15) is 87.0 Å². The van der Waals surface area contributed by atoms with Crippen LogP contribution in [0.2, 0.25) is 0 Å². The highest BCUT2D eigenvalue weighted by atomic mass is 16.2. The van der Waals surface area contributed by atoms with Crippen LogP contribution in [0.4, 0.5) is 4.79 Å². The average Bonchev–Trinajstić information content (AvgIpc) is 3.81. The summed E-state index contributed by atoms with van der Waals surface area (Å²) in [5.41, 5.74) is 4.54. The van der Waals surface area contributed by atoms with Crippen molar-refractivity contribution in [3.8, 4) is 0 Å². The molecule has 11 heteroatoms. The fourth-order valence-electron chi connectivity index (χ4n) is 5.52. The summed E-state index contributed by atoms with van der Waals surface area (Å²) in [5, 5.41) is 8.31. The highest BCUT2D eigenvalue weighted by molar-refractivity contribution is 6.37. The summed E-state index contributed by atoms with van der Waals surface area (Å²) in [7, 11) is 0. The molecule has 2 unspecified atom stereocenters. The predicted octanol–water partition coefficient (Wildman–Crippen LogP) is 1.92. The SMILES string of the molecule is CC(C)C1C[C@@H](C(=O)NC(CC2CC2)C(=O)C(N)=O)N(C(=O)[C@@H](NC(=O)N[C@H](C(=O)C2CC2)C(C)C)C(C)(C)C)C1. The van der Waals surface area contributed by atoms with Crippen LogP contribution >= 0.6 is 0 Å². The van der Waals surface area contributed by atoms with Crippen LogP contribution in [0.5, 0.6) is 0 Å². The first-order valence-corrected chi connectivity index (χ1v) is 15.1. The minimum atomic E-state index is -1.10. The molecule has 230 valence electrons. The van der Waals surface area contributed by atoms with E-state index >= 15 is 0 Å². The number of likely N-dealkylation sites (tertiary alicyclic amines) is 1. The van der Waals surface area contributed by atoms with Crippen LogP contribution in [-0.2, 0) is 24.0 Å². The fraction of sp³-hybridized carbons (Fsp3) is 0.800. The van der Waals surface area contributed by atoms with Gasteiger partial charge in [0.25, 0.3) is 5.91 Å². The number of rotatable bonds is 13. The van der Waals surface area contributed by atoms with Crippen molar-refractivity contribution in [1.82, 2.24) is 20.9 Å². The first-order chi connectivity index (χ1) is 19.0. The van der Waals surface area contributed by atoms with E-state index in [4.69, 9.17) is 5.73 Å². The second-order valence-electron chi connectivity index (χ2n) is 14.0. The van der Waals surface area contributed by atoms with Crippen molar-refractivity contribution in [3.05, 3.63) is 0 Å². The number of primary amides is 1. The van der Waals surface area contributed by atoms with Gasteiger partial charge in [0, 0.05) is 12.5 Å². The molecule has 0 aromatic heterocycles. The van der Waals surface area contributed by atoms with E-state index in [0.717, 1.165) is 25.7 Å². The monoisotopic (exact) mass is 575 g/mol. The summed E-state index contributed by atoms with van der Waals surface area (Å²) >= 11 is 0. The molecule has 5 N–H and O–H groups in total. The van der Waals surface area contributed by atoms with Gasteiger partial charge in [0.2, 0.25) is 17.6 Å². The van der Waals surface area contributed by atoms with Crippen LogP contribution in [0, 0.1) is 35.0 Å². The molecule has 1 heterocycles. The third-order valence-corrected chi connectivity index (χ3v) is 8.63. The number of amides is 5. The van der Waals surface area contributed by atoms with Crippen molar-refractivity contribution < 1.29 is 28.8 Å². The fourth-order valence-corrected chi connectivity index (χ4v) is 5.52. The first-order valence-electron chi connectivity index (χ1n) is 15.1. The molecular weight excluding hydrogens is 526 g/mol. The third-order valence-electron chi connectivity index (χ3n) is 8.63. The summed E-state index contributed by atoms with van der Waals surface area (Å²) in [5.74, 6) is -2.52. The smallest absolute Gasteiger partial charge is 0.316 e. The van der Waals surface area contributed by atoms with Gasteiger partial charge in [-0.05, 0) is 54.8 Å². The van der Waals surface area contributed by atoms with Crippen LogP contribution in [0.15, 0.2) is 0 Å². The van der Waals surface area contributed by atoms with E-state index in [9.17, 15) is 28.8 Å². The van der Waals surface area contributed by atoms with E-state index in [1.54, 1.807) is 0 Å². The molecule has 0 radical (unpaired) electrons. The maximum Gasteiger partial charge on any atom is 0.316 e. The zero-order valence-electron chi connectivity index (χ0n) is 25.6. The van der Waals surface area contributed by atoms with E-state index < -0.39 is 59.1 Å². The molecule has 3 rings (SSSR count). The zero-order valence-corrected chi connectivity index (χ0v) is 25.6. The summed E-state index contributed by atoms with van der Waals surface area (Å²) in [6, 6.07) is -4.14. The topological polar surface area (TPSA) is 168 Å². The van der Waals surface area contributed by atoms with E-state index in [0.29, 0.717) is 19.4 Å². The molecule has 41 heavy (non-hydrogen) atoms. The van der Waals surface area contributed by atoms with Crippen molar-refractivity contribution >= 4 is 35.3 Å². The number of carbonyl (C=O) groups excluding carboxylic acids is 6. The maximum absolute atomic E-state index is 14.1. The molecule has 11 nitrogen and oxygen atoms in total. The first kappa shape index (κ1) is 32.5. The number of Topliss-reactive ketones (excluding diaryl/α,β-unsaturated/α-hetero) is 2. The molecule has 5 atom stereocenters. The summed E-state index contributed by atoms with van der Waals surface area (Å²) in [4.78, 5) is 79.2. The minimum absolute atomic E-state index is 0.0103. The van der Waals surface area contributed by atoms with Gasteiger partial charge in [-0.1, -0.05) is 61.3 Å². The number of nitrogens with one attached hydrogen (secondary N) is 3. The molecule has 2 aliphatic carbocycles. The van der Waals surface area contributed by atoms with Gasteiger partial charge in [-0.3, -0.25) is 24.0 Å². The Balaban J connectivity index is 1.79. The number of urea groups is 1. The number of carbonyl (C=O) groups is 6. The number of ketones is 2. The molecule has 2 saturated carbocycles. The third kappa shape index (κ3) is 8.52. The molecule has 0 spiro atoms. The van der Waals surface area contributed by atoms with Gasteiger partial charge < -0.3 is 26.6 Å². The second-order valence-corrected chi connectivity index (χ2v) is 14.0. The Bertz CT molecular complexity index is 1040. The van der Waals surface area contributed by atoms with Crippen LogP contribution in [0.25, 0.3) is 0 Å². The Morgan fingerprint density at radius 3 is 1.98 bits per heavy atom. The second kappa shape index (κ2) is 12.9. The molecule has 1 aliphatic heterocycles. The average molecular weight is 576 g/mol. The number of nitrogens with two attached hydrogens (primary N) is 1. The molecule has 1 saturated heterocycles. The number of hydrogen-bond donors (Lipinski definition) is 4. The Morgan fingerprint density at radius 1 is 0.902 bits per heavy atom. The van der Waals surface area contributed by atoms with Gasteiger partial charge in [-0.2, -0.15) is 0 Å². The minimum Gasteiger partial charge on any atom is -0.363 e. The Hall–Kier alpha value is -2.98. The molecule has 5 amide bonds. The molecule has 3 aliphatic rings. The van der Waals surface area contributed by atoms with E-state index in [1.165, 1.54) is 4.90 Å². The normalized spacial score (nSPS) is 23.1. The van der Waals surface area contributed by atoms with Gasteiger partial charge >= 0.3 is 6.03 Å². The lowest BCUT2D eigenvalue weighted by atomic mass is 9.85. The molecule has 3 fully saturated rings. The number of nitrogens with zero attached hydrogens (tertiary/aromatic N) is 1. The molecule has 0 aromatic rings. The highest BCUT2D eigenvalue weighted by Crippen LogP contribution is 2.35. The lowest BCUT2D eigenvalue weighted by Crippen LogP contribution is -2.61. The van der Waals surface area contributed by atoms with Crippen LogP contribution < -0.4 is 21.7 Å². The maximum atomic E-state index is 14.1. The van der Waals surface area contributed by atoms with E-state index in [2.05, 4.69) is 16.0 Å². The lowest BCUT2D eigenvalue weighted by Gasteiger charge is -2.36. The predicted molar refractivity (Wildman–Crippen MR) is 153 cm³/mol. The molecular formula is C30H49N5O6. The largest absolute Gasteiger partial charge is 0.363 e. The van der Waals surface area contributed by atoms with Crippen molar-refractivity contribution in [3.63, 3.8) is 0 Å². The summed E-state index contributed by atoms with van der Waals surface area (Å²) in [6.07, 6.45) is 4.24.